The van der Waals surface area contributed by atoms with E-state index in [1.54, 1.807) is 40.9 Å². The first-order chi connectivity index (χ1) is 25.3. The van der Waals surface area contributed by atoms with E-state index in [9.17, 15) is 35.1 Å². The van der Waals surface area contributed by atoms with Gasteiger partial charge in [0.1, 0.15) is 53.6 Å². The fourth-order valence-corrected chi connectivity index (χ4v) is 11.8. The molecule has 0 amide bonds. The van der Waals surface area contributed by atoms with Gasteiger partial charge in [-0.2, -0.15) is 0 Å². The molecule has 308 valence electrons. The predicted octanol–water partition coefficient (Wildman–Crippen LogP) is 2.32. The third-order valence-electron chi connectivity index (χ3n) is 15.1. The highest BCUT2D eigenvalue weighted by Crippen LogP contribution is 2.71. The van der Waals surface area contributed by atoms with Crippen LogP contribution in [0.5, 0.6) is 0 Å². The van der Waals surface area contributed by atoms with Crippen LogP contribution in [-0.2, 0) is 42.7 Å². The fourth-order valence-electron chi connectivity index (χ4n) is 11.8. The van der Waals surface area contributed by atoms with E-state index in [2.05, 4.69) is 6.92 Å². The highest BCUT2D eigenvalue weighted by Gasteiger charge is 2.80. The molecule has 0 aromatic rings. The lowest BCUT2D eigenvalue weighted by molar-refractivity contribution is -0.352. The Morgan fingerprint density at radius 3 is 2.15 bits per heavy atom. The van der Waals surface area contributed by atoms with Crippen molar-refractivity contribution in [2.75, 3.05) is 14.2 Å². The lowest BCUT2D eigenvalue weighted by Crippen LogP contribution is -2.80. The Kier molecular flexibility index (Phi) is 11.9. The largest absolute Gasteiger partial charge is 0.456 e. The number of ether oxygens (including phenoxy) is 7. The predicted molar refractivity (Wildman–Crippen MR) is 192 cm³/mol. The summed E-state index contributed by atoms with van der Waals surface area (Å²) in [7, 11) is 2.99. The molecule has 2 heterocycles. The molecule has 54 heavy (non-hydrogen) atoms. The molecule has 0 aromatic carbocycles. The number of hydrogen-bond acceptors (Lipinski definition) is 14. The highest BCUT2D eigenvalue weighted by atomic mass is 16.7. The smallest absolute Gasteiger partial charge is 0.333 e. The maximum Gasteiger partial charge on any atom is 0.333 e. The number of methoxy groups -OCH3 is 2. The number of Topliss-reactive ketones (excluding diaryl/α,β-unsaturated/α-hetero) is 1. The number of rotatable bonds is 9. The Morgan fingerprint density at radius 2 is 1.52 bits per heavy atom. The molecule has 5 N–H and O–H groups in total. The summed E-state index contributed by atoms with van der Waals surface area (Å²) in [6.45, 7) is 12.1. The molecular weight excluding hydrogens is 704 g/mol. The minimum Gasteiger partial charge on any atom is -0.456 e. The Morgan fingerprint density at radius 1 is 0.815 bits per heavy atom. The first-order valence-corrected chi connectivity index (χ1v) is 19.8. The van der Waals surface area contributed by atoms with Gasteiger partial charge >= 0.3 is 5.97 Å². The zero-order chi connectivity index (χ0) is 39.7. The van der Waals surface area contributed by atoms with E-state index in [1.807, 2.05) is 6.92 Å². The van der Waals surface area contributed by atoms with Crippen molar-refractivity contribution in [2.24, 2.45) is 28.6 Å². The van der Waals surface area contributed by atoms with Gasteiger partial charge in [0.25, 0.3) is 0 Å². The molecule has 14 heteroatoms. The van der Waals surface area contributed by atoms with Gasteiger partial charge in [-0.05, 0) is 90.9 Å². The van der Waals surface area contributed by atoms with Gasteiger partial charge in [-0.15, -0.1) is 0 Å². The summed E-state index contributed by atoms with van der Waals surface area (Å²) in [5.41, 5.74) is -5.23. The van der Waals surface area contributed by atoms with E-state index in [0.29, 0.717) is 44.1 Å². The van der Waals surface area contributed by atoms with Crippen molar-refractivity contribution in [3.63, 3.8) is 0 Å². The number of fused-ring (bicyclic) bond motifs is 5. The maximum absolute atomic E-state index is 13.4. The maximum atomic E-state index is 13.4. The Labute approximate surface area is 318 Å². The van der Waals surface area contributed by atoms with Crippen LogP contribution >= 0.6 is 0 Å². The molecule has 0 spiro atoms. The number of carbonyl (C=O) groups excluding carboxylic acids is 2. The van der Waals surface area contributed by atoms with Gasteiger partial charge in [0.15, 0.2) is 12.6 Å². The fraction of sp³-hybridized carbons (Fsp3) is 0.900. The van der Waals surface area contributed by atoms with E-state index in [4.69, 9.17) is 33.2 Å². The van der Waals surface area contributed by atoms with Crippen LogP contribution in [0.1, 0.15) is 99.8 Å². The van der Waals surface area contributed by atoms with Gasteiger partial charge in [-0.1, -0.05) is 19.9 Å². The molecule has 2 saturated heterocycles. The number of esters is 1. The molecule has 6 fully saturated rings. The number of carbonyl (C=O) groups is 2. The van der Waals surface area contributed by atoms with E-state index in [0.717, 1.165) is 0 Å². The van der Waals surface area contributed by atoms with Crippen LogP contribution < -0.4 is 0 Å². The number of ketones is 1. The summed E-state index contributed by atoms with van der Waals surface area (Å²) in [6.07, 6.45) is -4.82. The first-order valence-electron chi connectivity index (χ1n) is 19.8. The zero-order valence-electron chi connectivity index (χ0n) is 33.3. The summed E-state index contributed by atoms with van der Waals surface area (Å²) in [5.74, 6) is -2.31. The summed E-state index contributed by atoms with van der Waals surface area (Å²) in [5, 5.41) is 59.1. The van der Waals surface area contributed by atoms with Crippen molar-refractivity contribution in [3.8, 4) is 0 Å². The van der Waals surface area contributed by atoms with Crippen LogP contribution in [-0.4, -0.2) is 136 Å². The Hall–Kier alpha value is -1.56. The second-order valence-electron chi connectivity index (χ2n) is 17.6. The minimum atomic E-state index is -1.78. The molecule has 4 aliphatic carbocycles. The van der Waals surface area contributed by atoms with E-state index < -0.39 is 107 Å². The number of aliphatic hydroxyl groups is 5. The van der Waals surface area contributed by atoms with Crippen LogP contribution in [0.3, 0.4) is 0 Å². The lowest BCUT2D eigenvalue weighted by atomic mass is 9.40. The van der Waals surface area contributed by atoms with Crippen molar-refractivity contribution >= 4 is 11.8 Å². The van der Waals surface area contributed by atoms with Crippen LogP contribution in [0.15, 0.2) is 11.6 Å². The molecule has 19 atom stereocenters. The lowest BCUT2D eigenvalue weighted by Gasteiger charge is -2.69. The van der Waals surface area contributed by atoms with Gasteiger partial charge < -0.3 is 58.7 Å². The van der Waals surface area contributed by atoms with Gasteiger partial charge in [0.05, 0.1) is 24.4 Å². The van der Waals surface area contributed by atoms with Crippen LogP contribution in [0, 0.1) is 28.6 Å². The second kappa shape index (κ2) is 15.3. The highest BCUT2D eigenvalue weighted by molar-refractivity contribution is 5.88. The number of hydrogen-bond donors (Lipinski definition) is 5. The Balaban J connectivity index is 1.19. The SMILES string of the molecule is CC=C(C)C(=O)OC1C2C3(C)CCC(OC4CC(OC)C(OC5OC(C)C(O)C(OC)C5O)C(C)O4)CC3CCC2(O)C2(O)CCC(C(C)=O)C2(C)C1O. The van der Waals surface area contributed by atoms with Crippen molar-refractivity contribution in [1.29, 1.82) is 0 Å². The van der Waals surface area contributed by atoms with Crippen molar-refractivity contribution in [1.82, 2.24) is 0 Å². The molecular formula is C40H64O14. The molecule has 19 unspecified atom stereocenters. The summed E-state index contributed by atoms with van der Waals surface area (Å²) in [4.78, 5) is 26.4. The zero-order valence-corrected chi connectivity index (χ0v) is 33.3. The van der Waals surface area contributed by atoms with E-state index >= 15 is 0 Å². The molecule has 0 aromatic heterocycles. The van der Waals surface area contributed by atoms with Crippen molar-refractivity contribution < 1.29 is 68.3 Å². The molecule has 14 nitrogen and oxygen atoms in total. The first kappa shape index (κ1) is 42.1. The van der Waals surface area contributed by atoms with Crippen LogP contribution in [0.4, 0.5) is 0 Å². The second-order valence-corrected chi connectivity index (χ2v) is 17.6. The summed E-state index contributed by atoms with van der Waals surface area (Å²) < 4.78 is 42.4. The number of allylic oxidation sites excluding steroid dienone is 1. The Bertz CT molecular complexity index is 1420. The average Bonchev–Trinajstić information content (AvgIpc) is 3.42. The van der Waals surface area contributed by atoms with Crippen molar-refractivity contribution in [3.05, 3.63) is 11.6 Å². The third-order valence-corrected chi connectivity index (χ3v) is 15.1. The van der Waals surface area contributed by atoms with Gasteiger partial charge in [0.2, 0.25) is 0 Å². The van der Waals surface area contributed by atoms with E-state index in [-0.39, 0.29) is 30.6 Å². The third kappa shape index (κ3) is 6.43. The van der Waals surface area contributed by atoms with Gasteiger partial charge in [-0.3, -0.25) is 4.79 Å². The normalized spacial score (nSPS) is 52.2. The summed E-state index contributed by atoms with van der Waals surface area (Å²) >= 11 is 0. The van der Waals surface area contributed by atoms with E-state index in [1.165, 1.54) is 14.0 Å². The molecule has 0 radical (unpaired) electrons. The molecule has 6 rings (SSSR count). The van der Waals surface area contributed by atoms with Gasteiger partial charge in [0, 0.05) is 43.5 Å². The standard InChI is InChI=1S/C40H64O14/c1-10-19(2)35(45)53-32-33-37(6)14-12-24(17-23(37)11-15-39(33,46)40(47)16-13-25(20(3)41)38(40,7)34(32)44)52-27-18-26(48-8)30(22(5)50-27)54-36-29(43)31(49-9)28(42)21(4)51-36/h10,21-34,36,42-44,46-47H,11-18H2,1-9H3. The molecule has 6 aliphatic rings. The molecule has 4 saturated carbocycles. The molecule has 0 bridgehead atoms. The topological polar surface area (TPSA) is 200 Å². The van der Waals surface area contributed by atoms with Crippen LogP contribution in [0.25, 0.3) is 0 Å². The molecule has 2 aliphatic heterocycles. The number of aliphatic hydroxyl groups excluding tert-OH is 3. The van der Waals surface area contributed by atoms with Gasteiger partial charge in [-0.25, -0.2) is 4.79 Å². The summed E-state index contributed by atoms with van der Waals surface area (Å²) in [6, 6.07) is 0. The van der Waals surface area contributed by atoms with Crippen LogP contribution in [0.2, 0.25) is 0 Å². The minimum absolute atomic E-state index is 0.0120. The average molecular weight is 769 g/mol. The monoisotopic (exact) mass is 768 g/mol. The quantitative estimate of drug-likeness (QED) is 0.130. The van der Waals surface area contributed by atoms with Crippen molar-refractivity contribution in [2.45, 2.75) is 185 Å².